The third-order valence-corrected chi connectivity index (χ3v) is 12.5. The maximum absolute atomic E-state index is 2.80. The highest BCUT2D eigenvalue weighted by atomic mass is 14.7. The van der Waals surface area contributed by atoms with Crippen molar-refractivity contribution >= 4 is 0 Å². The van der Waals surface area contributed by atoms with Crippen LogP contribution >= 0.6 is 0 Å². The van der Waals surface area contributed by atoms with Crippen molar-refractivity contribution in [2.24, 2.45) is 50.7 Å². The Morgan fingerprint density at radius 1 is 0.519 bits per heavy atom. The predicted octanol–water partition coefficient (Wildman–Crippen LogP) is 8.25. The summed E-state index contributed by atoms with van der Waals surface area (Å²) in [5, 5.41) is 0. The first-order valence-electron chi connectivity index (χ1n) is 12.6. The molecule has 0 aromatic carbocycles. The van der Waals surface area contributed by atoms with Crippen molar-refractivity contribution in [2.75, 3.05) is 0 Å². The highest BCUT2D eigenvalue weighted by Gasteiger charge is 2.68. The summed E-state index contributed by atoms with van der Waals surface area (Å²) in [4.78, 5) is 0. The van der Waals surface area contributed by atoms with Gasteiger partial charge in [-0.2, -0.15) is 0 Å². The molecule has 5 aliphatic carbocycles. The Morgan fingerprint density at radius 3 is 2.07 bits per heavy atom. The van der Waals surface area contributed by atoms with Gasteiger partial charge < -0.3 is 0 Å². The van der Waals surface area contributed by atoms with Gasteiger partial charge in [0.1, 0.15) is 0 Å². The molecule has 5 saturated carbocycles. The van der Waals surface area contributed by atoms with Crippen LogP contribution in [-0.2, 0) is 0 Å². The van der Waals surface area contributed by atoms with E-state index in [1.165, 1.54) is 57.8 Å². The molecule has 0 radical (unpaired) electrons. The van der Waals surface area contributed by atoms with Crippen molar-refractivity contribution in [3.05, 3.63) is 0 Å². The molecule has 0 amide bonds. The minimum absolute atomic E-state index is 0.572. The average Bonchev–Trinajstić information content (AvgIpc) is 2.97. The molecule has 0 bridgehead atoms. The van der Waals surface area contributed by atoms with Crippen molar-refractivity contribution < 1.29 is 0 Å². The van der Waals surface area contributed by atoms with E-state index < -0.39 is 0 Å². The molecular weight excluding hydrogens is 324 g/mol. The van der Waals surface area contributed by atoms with Crippen molar-refractivity contribution in [3.63, 3.8) is 0 Å². The van der Waals surface area contributed by atoms with Crippen LogP contribution in [0.3, 0.4) is 0 Å². The normalized spacial score (nSPS) is 59.3. The summed E-state index contributed by atoms with van der Waals surface area (Å²) in [5.41, 5.74) is 3.08. The van der Waals surface area contributed by atoms with E-state index in [1.807, 2.05) is 0 Å². The van der Waals surface area contributed by atoms with Crippen LogP contribution in [0.15, 0.2) is 0 Å². The van der Waals surface area contributed by atoms with Crippen LogP contribution in [0.4, 0.5) is 0 Å². The van der Waals surface area contributed by atoms with Gasteiger partial charge in [-0.1, -0.05) is 54.4 Å². The maximum atomic E-state index is 2.80. The van der Waals surface area contributed by atoms with Crippen molar-refractivity contribution in [1.29, 1.82) is 0 Å². The average molecular weight is 371 g/mol. The van der Waals surface area contributed by atoms with E-state index >= 15 is 0 Å². The fourth-order valence-corrected chi connectivity index (χ4v) is 11.0. The molecule has 0 spiro atoms. The minimum Gasteiger partial charge on any atom is -0.0596 e. The van der Waals surface area contributed by atoms with Gasteiger partial charge in [-0.3, -0.25) is 0 Å². The second kappa shape index (κ2) is 5.57. The van der Waals surface area contributed by atoms with Crippen LogP contribution in [-0.4, -0.2) is 0 Å². The molecule has 0 aromatic heterocycles. The number of hydrogen-bond donors (Lipinski definition) is 0. The molecule has 0 aromatic rings. The lowest BCUT2D eigenvalue weighted by Crippen LogP contribution is -2.64. The molecule has 0 N–H and O–H groups in total. The highest BCUT2D eigenvalue weighted by Crippen LogP contribution is 2.76. The quantitative estimate of drug-likeness (QED) is 0.402. The lowest BCUT2D eigenvalue weighted by molar-refractivity contribution is -0.232. The second-order valence-corrected chi connectivity index (χ2v) is 13.7. The number of hydrogen-bond acceptors (Lipinski definition) is 0. The summed E-state index contributed by atoms with van der Waals surface area (Å²) in [5.74, 6) is 4.02. The monoisotopic (exact) mass is 370 g/mol. The summed E-state index contributed by atoms with van der Waals surface area (Å²) in [7, 11) is 0. The van der Waals surface area contributed by atoms with Gasteiger partial charge in [0.25, 0.3) is 0 Å². The number of fused-ring (bicyclic) bond motifs is 7. The van der Waals surface area contributed by atoms with E-state index in [-0.39, 0.29) is 0 Å². The molecule has 5 fully saturated rings. The minimum atomic E-state index is 0.572. The van der Waals surface area contributed by atoms with Gasteiger partial charge in [0, 0.05) is 0 Å². The van der Waals surface area contributed by atoms with E-state index in [2.05, 4.69) is 41.5 Å². The summed E-state index contributed by atoms with van der Waals surface area (Å²) < 4.78 is 0. The maximum Gasteiger partial charge on any atom is -0.0235 e. The molecule has 154 valence electrons. The van der Waals surface area contributed by atoms with Crippen LogP contribution in [0.5, 0.6) is 0 Å². The van der Waals surface area contributed by atoms with Gasteiger partial charge in [-0.25, -0.2) is 0 Å². The van der Waals surface area contributed by atoms with E-state index in [1.54, 1.807) is 19.3 Å². The predicted molar refractivity (Wildman–Crippen MR) is 116 cm³/mol. The Labute approximate surface area is 169 Å². The Balaban J connectivity index is 1.54. The molecule has 0 aliphatic heterocycles. The Morgan fingerprint density at radius 2 is 1.30 bits per heavy atom. The van der Waals surface area contributed by atoms with E-state index in [4.69, 9.17) is 0 Å². The first-order valence-corrected chi connectivity index (χ1v) is 12.6. The number of rotatable bonds is 0. The van der Waals surface area contributed by atoms with E-state index in [9.17, 15) is 0 Å². The fraction of sp³-hybridized carbons (Fsp3) is 1.00. The van der Waals surface area contributed by atoms with E-state index in [0.29, 0.717) is 27.1 Å². The standard InChI is InChI=1S/C27H46/c1-23(2)13-8-15-25(4)21(23)12-16-27(6)22(25)11-10-20-19-9-7-14-24(19,3)17-18-26(20,27)5/h19-22H,7-18H2,1-6H3/t19-,20+,21-,22+,24-,25-,26+,27+/m0/s1. The van der Waals surface area contributed by atoms with Gasteiger partial charge in [-0.05, 0) is 115 Å². The molecule has 0 heteroatoms. The third-order valence-electron chi connectivity index (χ3n) is 12.5. The summed E-state index contributed by atoms with van der Waals surface area (Å²) in [6, 6.07) is 0. The van der Waals surface area contributed by atoms with Gasteiger partial charge in [0.2, 0.25) is 0 Å². The Bertz CT molecular complexity index is 618. The van der Waals surface area contributed by atoms with Gasteiger partial charge >= 0.3 is 0 Å². The molecule has 0 saturated heterocycles. The van der Waals surface area contributed by atoms with Gasteiger partial charge in [0.05, 0.1) is 0 Å². The third kappa shape index (κ3) is 2.23. The molecule has 8 atom stereocenters. The lowest BCUT2D eigenvalue weighted by atomic mass is 9.33. The van der Waals surface area contributed by atoms with Crippen LogP contribution in [0.2, 0.25) is 0 Å². The highest BCUT2D eigenvalue weighted by molar-refractivity contribution is 5.17. The summed E-state index contributed by atoms with van der Waals surface area (Å²) >= 11 is 0. The summed E-state index contributed by atoms with van der Waals surface area (Å²) in [6.07, 6.45) is 18.3. The van der Waals surface area contributed by atoms with Crippen LogP contribution in [0, 0.1) is 50.7 Å². The molecule has 5 rings (SSSR count). The van der Waals surface area contributed by atoms with Crippen LogP contribution in [0.1, 0.15) is 119 Å². The zero-order valence-corrected chi connectivity index (χ0v) is 19.3. The van der Waals surface area contributed by atoms with Crippen molar-refractivity contribution in [1.82, 2.24) is 0 Å². The Kier molecular flexibility index (Phi) is 3.92. The first-order chi connectivity index (χ1) is 12.6. The lowest BCUT2D eigenvalue weighted by Gasteiger charge is -2.72. The van der Waals surface area contributed by atoms with Crippen molar-refractivity contribution in [2.45, 2.75) is 119 Å². The molecule has 5 aliphatic rings. The van der Waals surface area contributed by atoms with E-state index in [0.717, 1.165) is 23.7 Å². The molecule has 0 heterocycles. The SMILES string of the molecule is CC1(C)CCC[C@]2(C)[C@H]3CC[C@@H]4[C@@H]5CCC[C@@]5(C)CC[C@@]4(C)[C@]3(C)CC[C@@H]12. The first kappa shape index (κ1) is 19.0. The largest absolute Gasteiger partial charge is 0.0596 e. The van der Waals surface area contributed by atoms with Gasteiger partial charge in [-0.15, -0.1) is 0 Å². The molecule has 0 unspecified atom stereocenters. The molecule has 0 nitrogen and oxygen atoms in total. The molecule has 27 heavy (non-hydrogen) atoms. The molecular formula is C27H46. The topological polar surface area (TPSA) is 0 Å². The summed E-state index contributed by atoms with van der Waals surface area (Å²) in [6.45, 7) is 16.2. The van der Waals surface area contributed by atoms with Crippen molar-refractivity contribution in [3.8, 4) is 0 Å². The van der Waals surface area contributed by atoms with Crippen LogP contribution in [0.25, 0.3) is 0 Å². The smallest absolute Gasteiger partial charge is 0.0235 e. The zero-order chi connectivity index (χ0) is 19.3. The van der Waals surface area contributed by atoms with Gasteiger partial charge in [0.15, 0.2) is 0 Å². The van der Waals surface area contributed by atoms with Crippen LogP contribution < -0.4 is 0 Å². The fourth-order valence-electron chi connectivity index (χ4n) is 11.0. The zero-order valence-electron chi connectivity index (χ0n) is 19.3. The second-order valence-electron chi connectivity index (χ2n) is 13.7. The Hall–Kier alpha value is 0.